The molecule has 0 N–H and O–H groups in total. The molecule has 19 heavy (non-hydrogen) atoms. The van der Waals surface area contributed by atoms with E-state index in [9.17, 15) is 9.59 Å². The molecule has 0 unspecified atom stereocenters. The number of hydrogen-bond donors (Lipinski definition) is 0. The molecule has 0 aromatic carbocycles. The van der Waals surface area contributed by atoms with Crippen molar-refractivity contribution in [2.24, 2.45) is 7.05 Å². The minimum Gasteiger partial charge on any atom is -0.294 e. The predicted octanol–water partition coefficient (Wildman–Crippen LogP) is 3.66. The molecule has 1 aromatic rings. The number of alkyl halides is 3. The van der Waals surface area contributed by atoms with E-state index in [0.29, 0.717) is 16.7 Å². The summed E-state index contributed by atoms with van der Waals surface area (Å²) < 4.78 is 2.93. The summed E-state index contributed by atoms with van der Waals surface area (Å²) in [6.07, 6.45) is 3.01. The van der Waals surface area contributed by atoms with Crippen molar-refractivity contribution in [1.82, 2.24) is 9.13 Å². The highest BCUT2D eigenvalue weighted by molar-refractivity contribution is 9.24. The lowest BCUT2D eigenvalue weighted by Gasteiger charge is -2.16. The number of halogens is 4. The van der Waals surface area contributed by atoms with E-state index in [1.807, 2.05) is 0 Å². The maximum Gasteiger partial charge on any atom is 0.331 e. The Bertz CT molecular complexity index is 551. The van der Waals surface area contributed by atoms with Gasteiger partial charge in [0.25, 0.3) is 5.56 Å². The molecule has 0 aliphatic rings. The highest BCUT2D eigenvalue weighted by Crippen LogP contribution is 2.32. The first-order valence-electron chi connectivity index (χ1n) is 5.75. The minimum absolute atomic E-state index is 0.243. The van der Waals surface area contributed by atoms with E-state index in [1.165, 1.54) is 7.05 Å². The Morgan fingerprint density at radius 3 is 2.32 bits per heavy atom. The maximum atomic E-state index is 12.2. The van der Waals surface area contributed by atoms with Crippen molar-refractivity contribution in [3.63, 3.8) is 0 Å². The lowest BCUT2D eigenvalue weighted by atomic mass is 10.2. The van der Waals surface area contributed by atoms with Crippen molar-refractivity contribution in [2.45, 2.75) is 29.5 Å². The van der Waals surface area contributed by atoms with Gasteiger partial charge >= 0.3 is 5.69 Å². The minimum atomic E-state index is -0.319. The third-order valence-corrected chi connectivity index (χ3v) is 4.92. The molecule has 0 aliphatic carbocycles. The molecule has 0 amide bonds. The second kappa shape index (κ2) is 8.14. The molecule has 1 aromatic heterocycles. The molecule has 0 fully saturated rings. The molecule has 1 rings (SSSR count). The Kier molecular flexibility index (Phi) is 7.56. The third kappa shape index (κ3) is 4.28. The van der Waals surface area contributed by atoms with Crippen LogP contribution in [0.15, 0.2) is 14.1 Å². The average Bonchev–Trinajstić information content (AvgIpc) is 2.37. The average molecular weight is 526 g/mol. The number of unbranched alkanes of at least 4 members (excludes halogenated alkanes) is 2. The fraction of sp³-hybridized carbons (Fsp3) is 0.636. The second-order valence-electron chi connectivity index (χ2n) is 4.05. The normalized spacial score (nSPS) is 11.3. The Balaban J connectivity index is 3.21. The van der Waals surface area contributed by atoms with Crippen molar-refractivity contribution >= 4 is 63.7 Å². The van der Waals surface area contributed by atoms with Gasteiger partial charge in [-0.05, 0) is 28.8 Å². The van der Waals surface area contributed by atoms with E-state index in [1.54, 1.807) is 4.57 Å². The summed E-state index contributed by atoms with van der Waals surface area (Å²) in [7, 11) is 1.49. The highest BCUT2D eigenvalue weighted by atomic mass is 79.9. The Morgan fingerprint density at radius 2 is 1.79 bits per heavy atom. The summed E-state index contributed by atoms with van der Waals surface area (Å²) in [5.41, 5.74) is 0.0264. The molecule has 0 saturated carbocycles. The second-order valence-corrected chi connectivity index (χ2v) is 8.69. The van der Waals surface area contributed by atoms with Crippen molar-refractivity contribution in [2.75, 3.05) is 5.33 Å². The fourth-order valence-electron chi connectivity index (χ4n) is 1.72. The molecular formula is C11H14Br4N2O2. The van der Waals surface area contributed by atoms with E-state index in [0.717, 1.165) is 29.2 Å². The molecule has 8 heteroatoms. The van der Waals surface area contributed by atoms with Gasteiger partial charge < -0.3 is 0 Å². The molecule has 4 nitrogen and oxygen atoms in total. The van der Waals surface area contributed by atoms with Crippen LogP contribution in [-0.4, -0.2) is 14.5 Å². The first kappa shape index (κ1) is 17.7. The van der Waals surface area contributed by atoms with Gasteiger partial charge in [0.15, 0.2) is 0 Å². The zero-order chi connectivity index (χ0) is 14.6. The van der Waals surface area contributed by atoms with Crippen molar-refractivity contribution in [1.29, 1.82) is 0 Å². The van der Waals surface area contributed by atoms with Crippen molar-refractivity contribution in [3.05, 3.63) is 31.0 Å². The first-order chi connectivity index (χ1) is 8.91. The zero-order valence-corrected chi connectivity index (χ0v) is 16.7. The molecule has 108 valence electrons. The quantitative estimate of drug-likeness (QED) is 0.420. The largest absolute Gasteiger partial charge is 0.331 e. The molecule has 0 radical (unpaired) electrons. The van der Waals surface area contributed by atoms with Crippen LogP contribution in [0, 0.1) is 0 Å². The fourth-order valence-corrected chi connectivity index (χ4v) is 4.39. The van der Waals surface area contributed by atoms with Crippen LogP contribution in [0.3, 0.4) is 0 Å². The summed E-state index contributed by atoms with van der Waals surface area (Å²) in [5.74, 6) is 0. The van der Waals surface area contributed by atoms with Crippen LogP contribution in [0.4, 0.5) is 0 Å². The van der Waals surface area contributed by atoms with E-state index in [-0.39, 0.29) is 15.0 Å². The van der Waals surface area contributed by atoms with Gasteiger partial charge in [0, 0.05) is 18.9 Å². The predicted molar refractivity (Wildman–Crippen MR) is 91.9 cm³/mol. The van der Waals surface area contributed by atoms with Gasteiger partial charge in [-0.25, -0.2) is 4.79 Å². The molecule has 0 spiro atoms. The summed E-state index contributed by atoms with van der Waals surface area (Å²) in [5, 5.41) is 0.964. The van der Waals surface area contributed by atoms with Crippen LogP contribution in [0.2, 0.25) is 0 Å². The third-order valence-electron chi connectivity index (χ3n) is 2.75. The van der Waals surface area contributed by atoms with Gasteiger partial charge in [-0.15, -0.1) is 0 Å². The van der Waals surface area contributed by atoms with Crippen LogP contribution in [0.5, 0.6) is 0 Å². The SMILES string of the molecule is Cn1c(=O)c(Br)c(C(Br)Br)n(CCCCCBr)c1=O. The first-order valence-corrected chi connectivity index (χ1v) is 9.49. The molecule has 0 atom stereocenters. The van der Waals surface area contributed by atoms with Crippen LogP contribution >= 0.6 is 63.7 Å². The Labute approximate surface area is 145 Å². The standard InChI is InChI=1S/C11H14Br4N2O2/c1-16-10(18)7(13)8(9(14)15)17(11(16)19)6-4-2-3-5-12/h9H,2-6H2,1H3. The monoisotopic (exact) mass is 522 g/mol. The maximum absolute atomic E-state index is 12.2. The van der Waals surface area contributed by atoms with Crippen LogP contribution < -0.4 is 11.2 Å². The smallest absolute Gasteiger partial charge is 0.294 e. The zero-order valence-electron chi connectivity index (χ0n) is 10.3. The van der Waals surface area contributed by atoms with Gasteiger partial charge in [-0.2, -0.15) is 0 Å². The van der Waals surface area contributed by atoms with Gasteiger partial charge in [0.2, 0.25) is 0 Å². The van der Waals surface area contributed by atoms with Crippen LogP contribution in [-0.2, 0) is 13.6 Å². The summed E-state index contributed by atoms with van der Waals surface area (Å²) in [6, 6.07) is 0. The number of aromatic nitrogens is 2. The number of rotatable bonds is 6. The Morgan fingerprint density at radius 1 is 1.16 bits per heavy atom. The van der Waals surface area contributed by atoms with Gasteiger partial charge in [0.05, 0.1) is 5.69 Å². The van der Waals surface area contributed by atoms with Gasteiger partial charge in [-0.3, -0.25) is 13.9 Å². The van der Waals surface area contributed by atoms with Gasteiger partial charge in [0.1, 0.15) is 8.21 Å². The molecule has 0 bridgehead atoms. The van der Waals surface area contributed by atoms with Crippen molar-refractivity contribution < 1.29 is 0 Å². The van der Waals surface area contributed by atoms with Crippen LogP contribution in [0.1, 0.15) is 28.7 Å². The molecule has 0 saturated heterocycles. The Hall–Kier alpha value is 0.600. The highest BCUT2D eigenvalue weighted by Gasteiger charge is 2.19. The number of hydrogen-bond acceptors (Lipinski definition) is 2. The summed E-state index contributed by atoms with van der Waals surface area (Å²) in [4.78, 5) is 24.1. The topological polar surface area (TPSA) is 44.0 Å². The van der Waals surface area contributed by atoms with Crippen LogP contribution in [0.25, 0.3) is 0 Å². The van der Waals surface area contributed by atoms with E-state index >= 15 is 0 Å². The molecule has 1 heterocycles. The van der Waals surface area contributed by atoms with Crippen molar-refractivity contribution in [3.8, 4) is 0 Å². The molecular weight excluding hydrogens is 512 g/mol. The van der Waals surface area contributed by atoms with E-state index < -0.39 is 0 Å². The van der Waals surface area contributed by atoms with E-state index in [4.69, 9.17) is 0 Å². The number of nitrogens with zero attached hydrogens (tertiary/aromatic N) is 2. The lowest BCUT2D eigenvalue weighted by molar-refractivity contribution is 0.536. The molecule has 0 aliphatic heterocycles. The lowest BCUT2D eigenvalue weighted by Crippen LogP contribution is -2.40. The van der Waals surface area contributed by atoms with Gasteiger partial charge in [-0.1, -0.05) is 54.2 Å². The van der Waals surface area contributed by atoms with E-state index in [2.05, 4.69) is 63.7 Å². The summed E-state index contributed by atoms with van der Waals surface area (Å²) in [6.45, 7) is 0.599. The summed E-state index contributed by atoms with van der Waals surface area (Å²) >= 11 is 13.4.